The van der Waals surface area contributed by atoms with Gasteiger partial charge in [0.25, 0.3) is 5.91 Å². The molecule has 0 bridgehead atoms. The third-order valence-corrected chi connectivity index (χ3v) is 6.61. The number of carbonyl (C=O) groups is 2. The molecule has 0 unspecified atom stereocenters. The van der Waals surface area contributed by atoms with Gasteiger partial charge in [0.2, 0.25) is 15.9 Å². The lowest BCUT2D eigenvalue weighted by atomic mass is 10.2. The summed E-state index contributed by atoms with van der Waals surface area (Å²) in [7, 11) is -3.69. The Labute approximate surface area is 156 Å². The van der Waals surface area contributed by atoms with Crippen molar-refractivity contribution in [1.82, 2.24) is 14.4 Å². The predicted molar refractivity (Wildman–Crippen MR) is 94.7 cm³/mol. The van der Waals surface area contributed by atoms with E-state index in [1.807, 2.05) is 0 Å². The van der Waals surface area contributed by atoms with Crippen LogP contribution >= 0.6 is 0 Å². The Morgan fingerprint density at radius 1 is 1.19 bits per heavy atom. The molecule has 0 saturated carbocycles. The third kappa shape index (κ3) is 3.21. The maximum absolute atomic E-state index is 12.9. The molecule has 9 nitrogen and oxygen atoms in total. The number of rotatable bonds is 3. The zero-order valence-electron chi connectivity index (χ0n) is 14.6. The molecule has 1 saturated heterocycles. The van der Waals surface area contributed by atoms with Crippen LogP contribution in [0.4, 0.5) is 5.69 Å². The Hall–Kier alpha value is -2.72. The second-order valence-electron chi connectivity index (χ2n) is 6.56. The molecule has 4 rings (SSSR count). The Balaban J connectivity index is 1.47. The van der Waals surface area contributed by atoms with Crippen LogP contribution in [0.2, 0.25) is 0 Å². The predicted octanol–water partition coefficient (Wildman–Crippen LogP) is 0.624. The van der Waals surface area contributed by atoms with Gasteiger partial charge in [-0.1, -0.05) is 5.16 Å². The Bertz CT molecular complexity index is 1020. The number of aromatic nitrogens is 1. The highest BCUT2D eigenvalue weighted by atomic mass is 32.2. The number of hydrogen-bond acceptors (Lipinski definition) is 6. The molecule has 2 aliphatic rings. The van der Waals surface area contributed by atoms with E-state index in [0.717, 1.165) is 0 Å². The zero-order valence-corrected chi connectivity index (χ0v) is 15.5. The van der Waals surface area contributed by atoms with Gasteiger partial charge in [0.1, 0.15) is 5.76 Å². The molecule has 0 radical (unpaired) electrons. The van der Waals surface area contributed by atoms with Crippen molar-refractivity contribution < 1.29 is 22.5 Å². The first kappa shape index (κ1) is 17.7. The lowest BCUT2D eigenvalue weighted by Crippen LogP contribution is -2.50. The summed E-state index contributed by atoms with van der Waals surface area (Å²) in [4.78, 5) is 25.6. The summed E-state index contributed by atoms with van der Waals surface area (Å²) < 4.78 is 32.1. The van der Waals surface area contributed by atoms with Gasteiger partial charge < -0.3 is 14.7 Å². The molecule has 142 valence electrons. The van der Waals surface area contributed by atoms with Crippen LogP contribution in [-0.4, -0.2) is 60.8 Å². The lowest BCUT2D eigenvalue weighted by molar-refractivity contribution is -0.115. The molecule has 2 aromatic rings. The van der Waals surface area contributed by atoms with Crippen molar-refractivity contribution >= 4 is 27.5 Å². The first-order valence-electron chi connectivity index (χ1n) is 8.50. The number of hydrogen-bond donors (Lipinski definition) is 1. The fourth-order valence-electron chi connectivity index (χ4n) is 3.28. The summed E-state index contributed by atoms with van der Waals surface area (Å²) in [5.74, 6) is 0.130. The summed E-state index contributed by atoms with van der Waals surface area (Å²) in [6, 6.07) is 6.21. The molecule has 1 aromatic heterocycles. The van der Waals surface area contributed by atoms with Crippen LogP contribution in [0.1, 0.15) is 21.8 Å². The summed E-state index contributed by atoms with van der Waals surface area (Å²) >= 11 is 0. The normalized spacial score (nSPS) is 17.7. The van der Waals surface area contributed by atoms with Gasteiger partial charge in [0.05, 0.1) is 11.3 Å². The number of benzene rings is 1. The Morgan fingerprint density at radius 2 is 1.93 bits per heavy atom. The quantitative estimate of drug-likeness (QED) is 0.822. The molecular weight excluding hydrogens is 372 g/mol. The molecule has 2 amide bonds. The van der Waals surface area contributed by atoms with Crippen LogP contribution in [0, 0.1) is 6.92 Å². The largest absolute Gasteiger partial charge is 0.361 e. The topological polar surface area (TPSA) is 113 Å². The van der Waals surface area contributed by atoms with E-state index in [0.29, 0.717) is 17.0 Å². The van der Waals surface area contributed by atoms with Gasteiger partial charge in [-0.25, -0.2) is 8.42 Å². The molecule has 3 heterocycles. The van der Waals surface area contributed by atoms with E-state index < -0.39 is 10.0 Å². The molecule has 1 fully saturated rings. The first-order valence-corrected chi connectivity index (χ1v) is 9.94. The summed E-state index contributed by atoms with van der Waals surface area (Å²) in [5, 5.41) is 6.40. The second kappa shape index (κ2) is 6.46. The van der Waals surface area contributed by atoms with E-state index in [1.165, 1.54) is 16.4 Å². The van der Waals surface area contributed by atoms with Crippen LogP contribution in [0.3, 0.4) is 0 Å². The fourth-order valence-corrected chi connectivity index (χ4v) is 4.75. The number of amides is 2. The number of aryl methyl sites for hydroxylation is 1. The van der Waals surface area contributed by atoms with Gasteiger partial charge in [-0.15, -0.1) is 0 Å². The van der Waals surface area contributed by atoms with Gasteiger partial charge in [-0.2, -0.15) is 4.31 Å². The standard InChI is InChI=1S/C17H18N4O5S/c1-11-8-15(19-26-11)17(23)20-4-6-21(7-5-20)27(24,25)13-2-3-14-12(9-13)10-16(22)18-14/h2-3,8-9H,4-7,10H2,1H3,(H,18,22). The highest BCUT2D eigenvalue weighted by Crippen LogP contribution is 2.27. The molecule has 0 atom stereocenters. The number of anilines is 1. The monoisotopic (exact) mass is 390 g/mol. The smallest absolute Gasteiger partial charge is 0.276 e. The van der Waals surface area contributed by atoms with Gasteiger partial charge in [-0.05, 0) is 30.7 Å². The highest BCUT2D eigenvalue weighted by molar-refractivity contribution is 7.89. The van der Waals surface area contributed by atoms with Crippen LogP contribution < -0.4 is 5.32 Å². The van der Waals surface area contributed by atoms with Crippen molar-refractivity contribution in [2.45, 2.75) is 18.2 Å². The third-order valence-electron chi connectivity index (χ3n) is 4.71. The van der Waals surface area contributed by atoms with E-state index in [-0.39, 0.29) is 55.0 Å². The number of fused-ring (bicyclic) bond motifs is 1. The van der Waals surface area contributed by atoms with E-state index in [1.54, 1.807) is 24.0 Å². The van der Waals surface area contributed by atoms with Crippen molar-refractivity contribution in [3.63, 3.8) is 0 Å². The Morgan fingerprint density at radius 3 is 2.59 bits per heavy atom. The summed E-state index contributed by atoms with van der Waals surface area (Å²) in [6.45, 7) is 2.64. The molecule has 0 aliphatic carbocycles. The first-order chi connectivity index (χ1) is 12.8. The summed E-state index contributed by atoms with van der Waals surface area (Å²) in [5.41, 5.74) is 1.55. The molecule has 2 aliphatic heterocycles. The summed E-state index contributed by atoms with van der Waals surface area (Å²) in [6.07, 6.45) is 0.179. The SMILES string of the molecule is Cc1cc(C(=O)N2CCN(S(=O)(=O)c3ccc4c(c3)CC(=O)N4)CC2)no1. The average Bonchev–Trinajstić information content (AvgIpc) is 3.25. The zero-order chi connectivity index (χ0) is 19.2. The highest BCUT2D eigenvalue weighted by Gasteiger charge is 2.32. The van der Waals surface area contributed by atoms with Gasteiger partial charge >= 0.3 is 0 Å². The molecule has 1 N–H and O–H groups in total. The number of carbonyl (C=O) groups excluding carboxylic acids is 2. The maximum atomic E-state index is 12.9. The van der Waals surface area contributed by atoms with E-state index in [9.17, 15) is 18.0 Å². The van der Waals surface area contributed by atoms with Crippen LogP contribution in [-0.2, 0) is 21.2 Å². The van der Waals surface area contributed by atoms with Gasteiger partial charge in [0, 0.05) is 37.9 Å². The maximum Gasteiger partial charge on any atom is 0.276 e. The van der Waals surface area contributed by atoms with Crippen LogP contribution in [0.25, 0.3) is 0 Å². The minimum atomic E-state index is -3.69. The molecule has 10 heteroatoms. The van der Waals surface area contributed by atoms with E-state index in [4.69, 9.17) is 4.52 Å². The lowest BCUT2D eigenvalue weighted by Gasteiger charge is -2.33. The van der Waals surface area contributed by atoms with Crippen molar-refractivity contribution in [2.75, 3.05) is 31.5 Å². The van der Waals surface area contributed by atoms with Crippen molar-refractivity contribution in [1.29, 1.82) is 0 Å². The number of nitrogens with zero attached hydrogens (tertiary/aromatic N) is 3. The fraction of sp³-hybridized carbons (Fsp3) is 0.353. The number of sulfonamides is 1. The molecule has 27 heavy (non-hydrogen) atoms. The number of piperazine rings is 1. The Kier molecular flexibility index (Phi) is 4.23. The average molecular weight is 390 g/mol. The van der Waals surface area contributed by atoms with Gasteiger partial charge in [-0.3, -0.25) is 9.59 Å². The minimum Gasteiger partial charge on any atom is -0.361 e. The van der Waals surface area contributed by atoms with Crippen molar-refractivity contribution in [3.8, 4) is 0 Å². The number of nitrogens with one attached hydrogen (secondary N) is 1. The van der Waals surface area contributed by atoms with Crippen molar-refractivity contribution in [2.24, 2.45) is 0 Å². The van der Waals surface area contributed by atoms with Gasteiger partial charge in [0.15, 0.2) is 5.69 Å². The second-order valence-corrected chi connectivity index (χ2v) is 8.50. The molecule has 1 aromatic carbocycles. The van der Waals surface area contributed by atoms with E-state index in [2.05, 4.69) is 10.5 Å². The van der Waals surface area contributed by atoms with Crippen molar-refractivity contribution in [3.05, 3.63) is 41.3 Å². The van der Waals surface area contributed by atoms with Crippen LogP contribution in [0.15, 0.2) is 33.7 Å². The molecule has 0 spiro atoms. The molecular formula is C17H18N4O5S. The van der Waals surface area contributed by atoms with Crippen LogP contribution in [0.5, 0.6) is 0 Å². The minimum absolute atomic E-state index is 0.144. The van der Waals surface area contributed by atoms with E-state index >= 15 is 0 Å².